The van der Waals surface area contributed by atoms with Crippen LogP contribution in [0.1, 0.15) is 6.92 Å². The molecular weight excluding hydrogens is 292 g/mol. The molecule has 0 aromatic heterocycles. The Balaban J connectivity index is 2.51. The smallest absolute Gasteiger partial charge is 0.323 e. The highest BCUT2D eigenvalue weighted by Crippen LogP contribution is 2.23. The third kappa shape index (κ3) is 5.03. The number of hydroxylamine groups is 1. The van der Waals surface area contributed by atoms with E-state index in [0.29, 0.717) is 4.99 Å². The van der Waals surface area contributed by atoms with Gasteiger partial charge < -0.3 is 4.84 Å². The summed E-state index contributed by atoms with van der Waals surface area (Å²) in [5.41, 5.74) is 2.24. The number of hydrogen-bond acceptors (Lipinski definition) is 5. The molecule has 0 saturated carbocycles. The van der Waals surface area contributed by atoms with Gasteiger partial charge in [-0.2, -0.15) is 0 Å². The molecule has 0 aliphatic carbocycles. The molecule has 1 rings (SSSR count). The minimum atomic E-state index is -1.57. The van der Waals surface area contributed by atoms with Gasteiger partial charge in [0.15, 0.2) is 10.0 Å². The van der Waals surface area contributed by atoms with Gasteiger partial charge in [-0.15, -0.1) is 0 Å². The Hall–Kier alpha value is -1.12. The van der Waals surface area contributed by atoms with E-state index >= 15 is 0 Å². The normalized spacial score (nSPS) is 11.4. The van der Waals surface area contributed by atoms with E-state index < -0.39 is 16.1 Å². The van der Waals surface area contributed by atoms with E-state index in [2.05, 4.69) is 22.5 Å². The highest BCUT2D eigenvalue weighted by atomic mass is 33.1. The van der Waals surface area contributed by atoms with Gasteiger partial charge in [0.2, 0.25) is 0 Å². The molecule has 1 aromatic rings. The summed E-state index contributed by atoms with van der Waals surface area (Å²) in [7, 11) is 0.866. The van der Waals surface area contributed by atoms with Gasteiger partial charge >= 0.3 is 6.09 Å². The van der Waals surface area contributed by atoms with Crippen molar-refractivity contribution >= 4 is 44.1 Å². The highest BCUT2D eigenvalue weighted by Gasteiger charge is 2.18. The molecule has 1 atom stereocenters. The van der Waals surface area contributed by atoms with Gasteiger partial charge in [0, 0.05) is 11.9 Å². The number of carbonyl (C=O) groups is 1. The second kappa shape index (κ2) is 7.34. The second-order valence-corrected chi connectivity index (χ2v) is 6.73. The second-order valence-electron chi connectivity index (χ2n) is 3.14. The van der Waals surface area contributed by atoms with Crippen molar-refractivity contribution in [1.29, 1.82) is 0 Å². The van der Waals surface area contributed by atoms with Crippen LogP contribution >= 0.6 is 23.0 Å². The zero-order valence-corrected chi connectivity index (χ0v) is 12.2. The summed E-state index contributed by atoms with van der Waals surface area (Å²) in [4.78, 5) is 17.2. The lowest BCUT2D eigenvalue weighted by atomic mass is 10.4. The molecule has 0 fully saturated rings. The molecular formula is C10H12N2O3S3. The molecule has 5 nitrogen and oxygen atoms in total. The summed E-state index contributed by atoms with van der Waals surface area (Å²) in [6, 6.07) is 9.13. The fourth-order valence-electron chi connectivity index (χ4n) is 0.855. The maximum absolute atomic E-state index is 11.8. The zero-order valence-electron chi connectivity index (χ0n) is 9.78. The standard InChI is InChI=1S/C10H12N2O3S3/c1-8(16)11-15-10(13)12(2)18(14)17-9-6-4-3-5-7-9/h3-7H,1-2H3,(H,11,16). The Morgan fingerprint density at radius 3 is 2.61 bits per heavy atom. The van der Waals surface area contributed by atoms with Crippen LogP contribution < -0.4 is 5.48 Å². The summed E-state index contributed by atoms with van der Waals surface area (Å²) in [5.74, 6) is 0. The third-order valence-electron chi connectivity index (χ3n) is 1.67. The van der Waals surface area contributed by atoms with E-state index in [-0.39, 0.29) is 0 Å². The summed E-state index contributed by atoms with van der Waals surface area (Å²) >= 11 is 4.68. The lowest BCUT2D eigenvalue weighted by Crippen LogP contribution is -2.33. The van der Waals surface area contributed by atoms with Crippen molar-refractivity contribution in [2.45, 2.75) is 11.8 Å². The average Bonchev–Trinajstić information content (AvgIpc) is 2.36. The van der Waals surface area contributed by atoms with E-state index in [9.17, 15) is 9.00 Å². The first-order valence-corrected chi connectivity index (χ1v) is 7.72. The number of benzene rings is 1. The largest absolute Gasteiger partial charge is 0.446 e. The first kappa shape index (κ1) is 14.9. The maximum atomic E-state index is 11.8. The molecule has 8 heteroatoms. The van der Waals surface area contributed by atoms with Gasteiger partial charge in [0.05, 0.1) is 0 Å². The third-order valence-corrected chi connectivity index (χ3v) is 4.64. The molecule has 98 valence electrons. The van der Waals surface area contributed by atoms with Gasteiger partial charge in [-0.25, -0.2) is 18.8 Å². The first-order chi connectivity index (χ1) is 8.50. The van der Waals surface area contributed by atoms with Crippen molar-refractivity contribution in [2.24, 2.45) is 0 Å². The van der Waals surface area contributed by atoms with Crippen molar-refractivity contribution in [3.63, 3.8) is 0 Å². The quantitative estimate of drug-likeness (QED) is 0.525. The van der Waals surface area contributed by atoms with Crippen LogP contribution in [-0.2, 0) is 14.9 Å². The van der Waals surface area contributed by atoms with Crippen molar-refractivity contribution in [3.8, 4) is 0 Å². The Morgan fingerprint density at radius 1 is 1.44 bits per heavy atom. The topological polar surface area (TPSA) is 58.6 Å². The van der Waals surface area contributed by atoms with E-state index in [1.54, 1.807) is 19.1 Å². The van der Waals surface area contributed by atoms with Gasteiger partial charge in [-0.3, -0.25) is 0 Å². The molecule has 0 spiro atoms. The van der Waals surface area contributed by atoms with E-state index in [1.165, 1.54) is 7.05 Å². The number of nitrogens with one attached hydrogen (secondary N) is 1. The molecule has 1 unspecified atom stereocenters. The first-order valence-electron chi connectivity index (χ1n) is 4.87. The molecule has 0 saturated heterocycles. The Bertz CT molecular complexity index is 453. The van der Waals surface area contributed by atoms with Crippen LogP contribution in [0.4, 0.5) is 4.79 Å². The van der Waals surface area contributed by atoms with Crippen LogP contribution in [0.5, 0.6) is 0 Å². The Kier molecular flexibility index (Phi) is 6.10. The van der Waals surface area contributed by atoms with Crippen LogP contribution in [-0.4, -0.2) is 26.6 Å². The van der Waals surface area contributed by atoms with Crippen LogP contribution in [0.2, 0.25) is 0 Å². The summed E-state index contributed by atoms with van der Waals surface area (Å²) < 4.78 is 12.8. The molecule has 1 N–H and O–H groups in total. The Labute approximate surface area is 117 Å². The van der Waals surface area contributed by atoms with Crippen LogP contribution in [0.3, 0.4) is 0 Å². The van der Waals surface area contributed by atoms with Crippen molar-refractivity contribution < 1.29 is 13.8 Å². The highest BCUT2D eigenvalue weighted by molar-refractivity contribution is 8.68. The van der Waals surface area contributed by atoms with Crippen molar-refractivity contribution in [1.82, 2.24) is 9.79 Å². The number of thiocarbonyl (C=S) groups is 1. The predicted octanol–water partition coefficient (Wildman–Crippen LogP) is 2.28. The van der Waals surface area contributed by atoms with E-state index in [1.807, 2.05) is 18.2 Å². The molecule has 1 amide bonds. The number of amides is 1. The number of hydrogen-bond donors (Lipinski definition) is 1. The summed E-state index contributed by atoms with van der Waals surface area (Å²) in [6.07, 6.45) is -0.763. The zero-order chi connectivity index (χ0) is 13.5. The fraction of sp³-hybridized carbons (Fsp3) is 0.200. The Morgan fingerprint density at radius 2 is 2.06 bits per heavy atom. The molecule has 18 heavy (non-hydrogen) atoms. The fourth-order valence-corrected chi connectivity index (χ4v) is 2.95. The van der Waals surface area contributed by atoms with Crippen LogP contribution in [0, 0.1) is 0 Å². The molecule has 0 bridgehead atoms. The monoisotopic (exact) mass is 304 g/mol. The molecule has 0 aliphatic heterocycles. The number of rotatable bonds is 3. The SMILES string of the molecule is CC(=S)NOC(=O)N(C)S(=O)Sc1ccccc1. The lowest BCUT2D eigenvalue weighted by molar-refractivity contribution is 0.107. The van der Waals surface area contributed by atoms with E-state index in [4.69, 9.17) is 0 Å². The molecule has 1 aromatic carbocycles. The number of nitrogens with zero attached hydrogens (tertiary/aromatic N) is 1. The minimum Gasteiger partial charge on any atom is -0.323 e. The van der Waals surface area contributed by atoms with Crippen molar-refractivity contribution in [2.75, 3.05) is 7.05 Å². The van der Waals surface area contributed by atoms with Gasteiger partial charge in [0.1, 0.15) is 4.99 Å². The predicted molar refractivity (Wildman–Crippen MR) is 76.1 cm³/mol. The van der Waals surface area contributed by atoms with Gasteiger partial charge in [0.25, 0.3) is 0 Å². The molecule has 0 heterocycles. The minimum absolute atomic E-state index is 0.318. The van der Waals surface area contributed by atoms with Crippen molar-refractivity contribution in [3.05, 3.63) is 30.3 Å². The maximum Gasteiger partial charge on any atom is 0.446 e. The van der Waals surface area contributed by atoms with Gasteiger partial charge in [-0.1, -0.05) is 30.4 Å². The van der Waals surface area contributed by atoms with E-state index in [0.717, 1.165) is 20.0 Å². The summed E-state index contributed by atoms with van der Waals surface area (Å²) in [5, 5.41) is 0. The summed E-state index contributed by atoms with van der Waals surface area (Å²) in [6.45, 7) is 1.57. The van der Waals surface area contributed by atoms with Gasteiger partial charge in [-0.05, 0) is 29.9 Å². The van der Waals surface area contributed by atoms with Crippen LogP contribution in [0.15, 0.2) is 35.2 Å². The molecule has 0 aliphatic rings. The lowest BCUT2D eigenvalue weighted by Gasteiger charge is -2.14. The average molecular weight is 304 g/mol. The van der Waals surface area contributed by atoms with Crippen LogP contribution in [0.25, 0.3) is 0 Å². The molecule has 0 radical (unpaired) electrons. The number of carbonyl (C=O) groups excluding carboxylic acids is 1.